The van der Waals surface area contributed by atoms with Crippen LogP contribution in [0, 0.1) is 0 Å². The third-order valence-corrected chi connectivity index (χ3v) is 4.45. The maximum Gasteiger partial charge on any atom is 0.335 e. The molecule has 0 fully saturated rings. The third-order valence-electron chi connectivity index (χ3n) is 3.18. The van der Waals surface area contributed by atoms with E-state index >= 15 is 0 Å². The van der Waals surface area contributed by atoms with Gasteiger partial charge in [0.15, 0.2) is 0 Å². The van der Waals surface area contributed by atoms with E-state index in [2.05, 4.69) is 31.4 Å². The number of carboxylic acid groups (broad SMARTS) is 1. The molecule has 0 spiro atoms. The summed E-state index contributed by atoms with van der Waals surface area (Å²) in [7, 11) is 0. The van der Waals surface area contributed by atoms with Gasteiger partial charge < -0.3 is 5.11 Å². The Morgan fingerprint density at radius 1 is 1.17 bits per heavy atom. The molecule has 120 valence electrons. The highest BCUT2D eigenvalue weighted by Gasteiger charge is 2.04. The van der Waals surface area contributed by atoms with E-state index in [0.717, 1.165) is 21.3 Å². The minimum Gasteiger partial charge on any atom is -0.478 e. The van der Waals surface area contributed by atoms with Crippen LogP contribution in [0.25, 0.3) is 11.3 Å². The second-order valence-electron chi connectivity index (χ2n) is 4.84. The molecule has 0 unspecified atom stereocenters. The number of halogens is 1. The van der Waals surface area contributed by atoms with Gasteiger partial charge in [0.2, 0.25) is 5.13 Å². The fourth-order valence-corrected chi connectivity index (χ4v) is 2.88. The molecule has 7 heteroatoms. The van der Waals surface area contributed by atoms with E-state index in [1.54, 1.807) is 30.5 Å². The molecule has 0 aliphatic carbocycles. The minimum absolute atomic E-state index is 0.249. The summed E-state index contributed by atoms with van der Waals surface area (Å²) < 4.78 is 1.03. The Hall–Kier alpha value is -2.51. The zero-order chi connectivity index (χ0) is 16.9. The van der Waals surface area contributed by atoms with Crippen LogP contribution in [0.4, 0.5) is 5.13 Å². The number of hydrogen-bond donors (Lipinski definition) is 2. The number of carboxylic acids is 1. The topological polar surface area (TPSA) is 74.6 Å². The van der Waals surface area contributed by atoms with Crippen molar-refractivity contribution < 1.29 is 9.90 Å². The van der Waals surface area contributed by atoms with E-state index in [-0.39, 0.29) is 5.56 Å². The number of hydrazone groups is 1. The van der Waals surface area contributed by atoms with Crippen molar-refractivity contribution in [2.45, 2.75) is 0 Å². The molecule has 5 nitrogen and oxygen atoms in total. The van der Waals surface area contributed by atoms with Crippen molar-refractivity contribution in [3.05, 3.63) is 69.5 Å². The van der Waals surface area contributed by atoms with Crippen molar-refractivity contribution in [2.24, 2.45) is 5.10 Å². The molecule has 0 saturated heterocycles. The first-order valence-electron chi connectivity index (χ1n) is 6.96. The minimum atomic E-state index is -0.945. The van der Waals surface area contributed by atoms with Crippen molar-refractivity contribution in [1.29, 1.82) is 0 Å². The van der Waals surface area contributed by atoms with E-state index in [9.17, 15) is 4.79 Å². The molecule has 2 aromatic carbocycles. The second-order valence-corrected chi connectivity index (χ2v) is 6.62. The average molecular weight is 402 g/mol. The first-order chi connectivity index (χ1) is 11.6. The van der Waals surface area contributed by atoms with Gasteiger partial charge in [0.1, 0.15) is 0 Å². The average Bonchev–Trinajstić information content (AvgIpc) is 3.05. The van der Waals surface area contributed by atoms with E-state index in [0.29, 0.717) is 5.13 Å². The van der Waals surface area contributed by atoms with Crippen LogP contribution in [-0.4, -0.2) is 22.3 Å². The molecule has 3 rings (SSSR count). The number of anilines is 1. The van der Waals surface area contributed by atoms with E-state index in [4.69, 9.17) is 5.11 Å². The van der Waals surface area contributed by atoms with Gasteiger partial charge in [-0.25, -0.2) is 9.78 Å². The standard InChI is InChI=1S/C17H12BrN3O2S/c18-14-7-5-12(6-8-14)15-10-24-17(20-15)21-19-9-11-1-3-13(4-2-11)16(22)23/h1-10H,(H,20,21)(H,22,23)/b19-9+. The Bertz CT molecular complexity index is 874. The monoisotopic (exact) mass is 401 g/mol. The van der Waals surface area contributed by atoms with Crippen molar-refractivity contribution in [3.8, 4) is 11.3 Å². The van der Waals surface area contributed by atoms with Gasteiger partial charge in [-0.3, -0.25) is 5.43 Å². The summed E-state index contributed by atoms with van der Waals surface area (Å²) in [5.74, 6) is -0.945. The van der Waals surface area contributed by atoms with Gasteiger partial charge in [0, 0.05) is 15.4 Å². The maximum absolute atomic E-state index is 10.8. The van der Waals surface area contributed by atoms with Gasteiger partial charge in [-0.15, -0.1) is 11.3 Å². The number of aromatic carboxylic acids is 1. The van der Waals surface area contributed by atoms with Gasteiger partial charge in [0.25, 0.3) is 0 Å². The highest BCUT2D eigenvalue weighted by Crippen LogP contribution is 2.26. The van der Waals surface area contributed by atoms with Crippen molar-refractivity contribution in [3.63, 3.8) is 0 Å². The summed E-state index contributed by atoms with van der Waals surface area (Å²) in [6.07, 6.45) is 1.62. The summed E-state index contributed by atoms with van der Waals surface area (Å²) in [6, 6.07) is 14.4. The number of carbonyl (C=O) groups is 1. The number of aromatic nitrogens is 1. The molecule has 24 heavy (non-hydrogen) atoms. The van der Waals surface area contributed by atoms with Crippen LogP contribution in [-0.2, 0) is 0 Å². The Morgan fingerprint density at radius 2 is 1.88 bits per heavy atom. The first-order valence-corrected chi connectivity index (χ1v) is 8.63. The van der Waals surface area contributed by atoms with Crippen LogP contribution in [0.15, 0.2) is 63.5 Å². The van der Waals surface area contributed by atoms with E-state index in [1.807, 2.05) is 29.6 Å². The number of hydrogen-bond acceptors (Lipinski definition) is 5. The molecule has 0 amide bonds. The first kappa shape index (κ1) is 16.4. The van der Waals surface area contributed by atoms with Gasteiger partial charge in [0.05, 0.1) is 17.5 Å². The smallest absolute Gasteiger partial charge is 0.335 e. The summed E-state index contributed by atoms with van der Waals surface area (Å²) in [4.78, 5) is 15.3. The lowest BCUT2D eigenvalue weighted by Gasteiger charge is -1.97. The van der Waals surface area contributed by atoms with Gasteiger partial charge in [-0.05, 0) is 29.8 Å². The van der Waals surface area contributed by atoms with Crippen LogP contribution in [0.5, 0.6) is 0 Å². The molecular weight excluding hydrogens is 390 g/mol. The Labute approximate surface area is 150 Å². The number of thiazole rings is 1. The molecule has 3 aromatic rings. The van der Waals surface area contributed by atoms with E-state index in [1.165, 1.54) is 11.3 Å². The van der Waals surface area contributed by atoms with Crippen LogP contribution >= 0.6 is 27.3 Å². The predicted octanol–water partition coefficient (Wildman–Crippen LogP) is 4.72. The maximum atomic E-state index is 10.8. The van der Waals surface area contributed by atoms with E-state index < -0.39 is 5.97 Å². The molecule has 0 radical (unpaired) electrons. The summed E-state index contributed by atoms with van der Waals surface area (Å²) >= 11 is 4.87. The van der Waals surface area contributed by atoms with Crippen LogP contribution in [0.1, 0.15) is 15.9 Å². The van der Waals surface area contributed by atoms with Gasteiger partial charge in [-0.1, -0.05) is 40.2 Å². The fraction of sp³-hybridized carbons (Fsp3) is 0. The molecule has 1 heterocycles. The Balaban J connectivity index is 1.64. The number of nitrogens with one attached hydrogen (secondary N) is 1. The summed E-state index contributed by atoms with van der Waals surface area (Å²) in [5, 5.41) is 15.6. The second kappa shape index (κ2) is 7.37. The molecule has 0 aliphatic rings. The van der Waals surface area contributed by atoms with Crippen molar-refractivity contribution >= 4 is 44.6 Å². The normalized spacial score (nSPS) is 10.9. The quantitative estimate of drug-likeness (QED) is 0.479. The van der Waals surface area contributed by atoms with Crippen LogP contribution in [0.2, 0.25) is 0 Å². The number of nitrogens with zero attached hydrogens (tertiary/aromatic N) is 2. The molecule has 0 aliphatic heterocycles. The summed E-state index contributed by atoms with van der Waals surface area (Å²) in [5.41, 5.74) is 5.86. The van der Waals surface area contributed by atoms with Crippen LogP contribution in [0.3, 0.4) is 0 Å². The van der Waals surface area contributed by atoms with Gasteiger partial charge >= 0.3 is 5.97 Å². The predicted molar refractivity (Wildman–Crippen MR) is 99.9 cm³/mol. The van der Waals surface area contributed by atoms with Crippen molar-refractivity contribution in [1.82, 2.24) is 4.98 Å². The fourth-order valence-electron chi connectivity index (χ4n) is 1.95. The highest BCUT2D eigenvalue weighted by atomic mass is 79.9. The largest absolute Gasteiger partial charge is 0.478 e. The van der Waals surface area contributed by atoms with Gasteiger partial charge in [-0.2, -0.15) is 5.10 Å². The molecule has 2 N–H and O–H groups in total. The zero-order valence-electron chi connectivity index (χ0n) is 12.3. The Morgan fingerprint density at radius 3 is 2.54 bits per heavy atom. The number of benzene rings is 2. The summed E-state index contributed by atoms with van der Waals surface area (Å²) in [6.45, 7) is 0. The lowest BCUT2D eigenvalue weighted by Crippen LogP contribution is -1.96. The van der Waals surface area contributed by atoms with Crippen LogP contribution < -0.4 is 5.43 Å². The lowest BCUT2D eigenvalue weighted by atomic mass is 10.1. The molecular formula is C17H12BrN3O2S. The number of rotatable bonds is 5. The zero-order valence-corrected chi connectivity index (χ0v) is 14.7. The Kier molecular flexibility index (Phi) is 5.02. The lowest BCUT2D eigenvalue weighted by molar-refractivity contribution is 0.0697. The molecule has 0 saturated carbocycles. The molecule has 0 bridgehead atoms. The highest BCUT2D eigenvalue weighted by molar-refractivity contribution is 9.10. The molecule has 1 aromatic heterocycles. The van der Waals surface area contributed by atoms with Crippen molar-refractivity contribution in [2.75, 3.05) is 5.43 Å². The molecule has 0 atom stereocenters. The SMILES string of the molecule is O=C(O)c1ccc(/C=N/Nc2nc(-c3ccc(Br)cc3)cs2)cc1. The third kappa shape index (κ3) is 4.06.